The van der Waals surface area contributed by atoms with Crippen LogP contribution < -0.4 is 5.32 Å². The van der Waals surface area contributed by atoms with E-state index in [0.29, 0.717) is 10.7 Å². The molecule has 0 aliphatic rings. The summed E-state index contributed by atoms with van der Waals surface area (Å²) >= 11 is 5.74. The van der Waals surface area contributed by atoms with Crippen molar-refractivity contribution in [3.8, 4) is 0 Å². The third-order valence-corrected chi connectivity index (χ3v) is 1.65. The lowest BCUT2D eigenvalue weighted by atomic mass is 10.5. The number of carbonyl (C=O) groups excluding carboxylic acids is 1. The molecule has 1 rings (SSSR count). The number of anilines is 1. The second-order valence-corrected chi connectivity index (χ2v) is 3.53. The third-order valence-electron chi connectivity index (χ3n) is 1.41. The number of carbonyl (C=O) groups is 1. The van der Waals surface area contributed by atoms with Gasteiger partial charge in [0.25, 0.3) is 0 Å². The molecule has 0 spiro atoms. The van der Waals surface area contributed by atoms with Gasteiger partial charge in [-0.2, -0.15) is 0 Å². The number of amides is 1. The van der Waals surface area contributed by atoms with Crippen molar-refractivity contribution in [2.75, 3.05) is 5.32 Å². The van der Waals surface area contributed by atoms with Gasteiger partial charge in [0.15, 0.2) is 0 Å². The molecule has 1 aromatic carbocycles. The van der Waals surface area contributed by atoms with E-state index in [0.717, 1.165) is 0 Å². The molecule has 3 nitrogen and oxygen atoms in total. The molecule has 1 N–H and O–H groups in total. The minimum atomic E-state index is -0.470. The van der Waals surface area contributed by atoms with Crippen LogP contribution in [0, 0.1) is 0 Å². The highest BCUT2D eigenvalue weighted by molar-refractivity contribution is 6.30. The predicted octanol–water partition coefficient (Wildman–Crippen LogP) is 3.30. The highest BCUT2D eigenvalue weighted by Crippen LogP contribution is 2.15. The zero-order chi connectivity index (χ0) is 10.6. The van der Waals surface area contributed by atoms with Crippen molar-refractivity contribution in [2.45, 2.75) is 20.0 Å². The normalized spacial score (nSPS) is 10.0. The SMILES string of the molecule is CC(C)OC(=O)N[13c]1[13cH][13cH][13cH][13c](Cl)[13cH]1. The summed E-state index contributed by atoms with van der Waals surface area (Å²) in [4.78, 5) is 11.2. The van der Waals surface area contributed by atoms with Crippen molar-refractivity contribution >= 4 is 23.4 Å². The van der Waals surface area contributed by atoms with Gasteiger partial charge in [-0.05, 0) is 32.0 Å². The molecule has 0 atom stereocenters. The minimum Gasteiger partial charge on any atom is -0.447 e. The van der Waals surface area contributed by atoms with E-state index in [-0.39, 0.29) is 6.10 Å². The Kier molecular flexibility index (Phi) is 3.77. The summed E-state index contributed by atoms with van der Waals surface area (Å²) in [6.45, 7) is 3.58. The van der Waals surface area contributed by atoms with E-state index in [1.54, 1.807) is 38.1 Å². The van der Waals surface area contributed by atoms with Crippen LogP contribution in [0.15, 0.2) is 24.3 Å². The molecule has 1 aromatic rings. The first kappa shape index (κ1) is 10.9. The van der Waals surface area contributed by atoms with Crippen molar-refractivity contribution in [1.82, 2.24) is 0 Å². The fourth-order valence-electron chi connectivity index (χ4n) is 0.928. The van der Waals surface area contributed by atoms with E-state index >= 15 is 0 Å². The Balaban J connectivity index is 2.56. The summed E-state index contributed by atoms with van der Waals surface area (Å²) in [7, 11) is 0. The summed E-state index contributed by atoms with van der Waals surface area (Å²) in [5.74, 6) is 0. The number of nitrogens with one attached hydrogen (secondary N) is 1. The molecule has 1 amide bonds. The Hall–Kier alpha value is -1.22. The molecule has 76 valence electrons. The molecule has 0 fully saturated rings. The highest BCUT2D eigenvalue weighted by Gasteiger charge is 2.04. The lowest BCUT2D eigenvalue weighted by Crippen LogP contribution is -2.17. The molecular weight excluding hydrogens is 208 g/mol. The average Bonchev–Trinajstić information content (AvgIpc) is 2.01. The maximum atomic E-state index is 11.2. The van der Waals surface area contributed by atoms with E-state index in [9.17, 15) is 4.79 Å². The first-order valence-electron chi connectivity index (χ1n) is 4.31. The minimum absolute atomic E-state index is 0.130. The zero-order valence-corrected chi connectivity index (χ0v) is 8.84. The van der Waals surface area contributed by atoms with Crippen LogP contribution in [0.2, 0.25) is 5.02 Å². The number of hydrogen-bond acceptors (Lipinski definition) is 2. The quantitative estimate of drug-likeness (QED) is 0.829. The Morgan fingerprint density at radius 1 is 1.50 bits per heavy atom. The molecular formula is C10H12ClNO2. The lowest BCUT2D eigenvalue weighted by molar-refractivity contribution is 0.130. The zero-order valence-electron chi connectivity index (χ0n) is 8.08. The van der Waals surface area contributed by atoms with Gasteiger partial charge in [0.05, 0.1) is 6.10 Å². The first-order chi connectivity index (χ1) is 6.58. The van der Waals surface area contributed by atoms with Crippen LogP contribution in [-0.4, -0.2) is 12.2 Å². The molecule has 0 radical (unpaired) electrons. The molecule has 0 unspecified atom stereocenters. The van der Waals surface area contributed by atoms with Gasteiger partial charge in [0.2, 0.25) is 0 Å². The summed E-state index contributed by atoms with van der Waals surface area (Å²) in [5, 5.41) is 3.14. The van der Waals surface area contributed by atoms with Gasteiger partial charge < -0.3 is 4.74 Å². The van der Waals surface area contributed by atoms with Crippen LogP contribution in [0.5, 0.6) is 0 Å². The molecule has 4 heteroatoms. The van der Waals surface area contributed by atoms with E-state index < -0.39 is 6.09 Å². The van der Waals surface area contributed by atoms with Crippen molar-refractivity contribution in [1.29, 1.82) is 0 Å². The number of hydrogen-bond donors (Lipinski definition) is 1. The molecule has 0 aromatic heterocycles. The Labute approximate surface area is 88.0 Å². The number of ether oxygens (including phenoxy) is 1. The van der Waals surface area contributed by atoms with Gasteiger partial charge in [0, 0.05) is 10.7 Å². The van der Waals surface area contributed by atoms with Crippen molar-refractivity contribution in [3.63, 3.8) is 0 Å². The fourth-order valence-corrected chi connectivity index (χ4v) is 1.12. The number of rotatable bonds is 2. The summed E-state index contributed by atoms with van der Waals surface area (Å²) < 4.78 is 4.90. The highest BCUT2D eigenvalue weighted by atomic mass is 35.5. The maximum absolute atomic E-state index is 11.2. The van der Waals surface area contributed by atoms with Crippen molar-refractivity contribution < 1.29 is 9.53 Å². The maximum Gasteiger partial charge on any atom is 0.411 e. The van der Waals surface area contributed by atoms with Gasteiger partial charge in [-0.15, -0.1) is 0 Å². The van der Waals surface area contributed by atoms with E-state index in [1.165, 1.54) is 0 Å². The number of halogens is 1. The Morgan fingerprint density at radius 3 is 2.79 bits per heavy atom. The van der Waals surface area contributed by atoms with Crippen LogP contribution in [0.3, 0.4) is 0 Å². The van der Waals surface area contributed by atoms with Gasteiger partial charge in [-0.25, -0.2) is 4.79 Å². The standard InChI is InChI=1S/C10H12ClNO2/c1-7(2)14-10(13)12-9-5-3-4-8(11)6-9/h3-7H,1-2H3,(H,12,13)/i3+1,4+1,5+1,6+1,8+1,9+1. The Morgan fingerprint density at radius 2 is 2.21 bits per heavy atom. The summed E-state index contributed by atoms with van der Waals surface area (Å²) in [5.41, 5.74) is 0.628. The molecule has 0 saturated heterocycles. The van der Waals surface area contributed by atoms with Crippen LogP contribution in [0.1, 0.15) is 13.8 Å². The topological polar surface area (TPSA) is 38.3 Å². The predicted molar refractivity (Wildman–Crippen MR) is 56.7 cm³/mol. The second-order valence-electron chi connectivity index (χ2n) is 3.09. The lowest BCUT2D eigenvalue weighted by Gasteiger charge is -2.09. The fraction of sp³-hybridized carbons (Fsp3) is 0.300. The molecule has 0 aliphatic heterocycles. The average molecular weight is 220 g/mol. The molecule has 0 heterocycles. The van der Waals surface area contributed by atoms with E-state index in [4.69, 9.17) is 16.3 Å². The number of benzene rings is 1. The largest absolute Gasteiger partial charge is 0.447 e. The molecule has 0 saturated carbocycles. The van der Waals surface area contributed by atoms with Crippen molar-refractivity contribution in [3.05, 3.63) is 29.3 Å². The van der Waals surface area contributed by atoms with Crippen LogP contribution in [0.4, 0.5) is 10.5 Å². The second kappa shape index (κ2) is 4.86. The van der Waals surface area contributed by atoms with Crippen LogP contribution >= 0.6 is 11.6 Å². The first-order valence-corrected chi connectivity index (χ1v) is 4.69. The van der Waals surface area contributed by atoms with E-state index in [1.807, 2.05) is 0 Å². The van der Waals surface area contributed by atoms with Crippen LogP contribution in [-0.2, 0) is 4.74 Å². The molecule has 0 aliphatic carbocycles. The Bertz CT molecular complexity index is 326. The summed E-state index contributed by atoms with van der Waals surface area (Å²) in [6, 6.07) is 6.89. The third kappa shape index (κ3) is 3.66. The van der Waals surface area contributed by atoms with E-state index in [2.05, 4.69) is 5.32 Å². The van der Waals surface area contributed by atoms with Gasteiger partial charge >= 0.3 is 6.09 Å². The molecule has 0 bridgehead atoms. The molecule has 14 heavy (non-hydrogen) atoms. The van der Waals surface area contributed by atoms with Crippen LogP contribution in [0.25, 0.3) is 0 Å². The summed E-state index contributed by atoms with van der Waals surface area (Å²) in [6.07, 6.45) is -0.601. The monoisotopic (exact) mass is 219 g/mol. The smallest absolute Gasteiger partial charge is 0.411 e. The van der Waals surface area contributed by atoms with Crippen molar-refractivity contribution in [2.24, 2.45) is 0 Å². The van der Waals surface area contributed by atoms with Gasteiger partial charge in [-0.3, -0.25) is 5.32 Å². The van der Waals surface area contributed by atoms with Gasteiger partial charge in [0.1, 0.15) is 0 Å². The van der Waals surface area contributed by atoms with Gasteiger partial charge in [-0.1, -0.05) is 17.7 Å².